The molecule has 3 rings (SSSR count). The summed E-state index contributed by atoms with van der Waals surface area (Å²) < 4.78 is 7.91. The minimum Gasteiger partial charge on any atom is -0.481 e. The molecule has 1 N–H and O–H groups in total. The number of ether oxygens (including phenoxy) is 1. The van der Waals surface area contributed by atoms with Crippen molar-refractivity contribution >= 4 is 46.6 Å². The van der Waals surface area contributed by atoms with Crippen LogP contribution in [-0.2, 0) is 11.3 Å². The Kier molecular flexibility index (Phi) is 8.01. The molecule has 0 spiro atoms. The SMILES string of the molecule is C=CCn1c(SCC(=O)Nc2ccccc2Cl)nnc1C(C)Oc1cc(C)ccc1Cl. The van der Waals surface area contributed by atoms with Gasteiger partial charge in [-0.2, -0.15) is 0 Å². The van der Waals surface area contributed by atoms with Crippen LogP contribution in [0.3, 0.4) is 0 Å². The van der Waals surface area contributed by atoms with Crippen LogP contribution in [-0.4, -0.2) is 26.4 Å². The fraction of sp³-hybridized carbons (Fsp3) is 0.227. The number of halogens is 2. The van der Waals surface area contributed by atoms with Gasteiger partial charge in [0.25, 0.3) is 0 Å². The van der Waals surface area contributed by atoms with Crippen LogP contribution in [0.5, 0.6) is 5.75 Å². The quantitative estimate of drug-likeness (QED) is 0.305. The maximum Gasteiger partial charge on any atom is 0.234 e. The normalized spacial score (nSPS) is 11.7. The van der Waals surface area contributed by atoms with Gasteiger partial charge in [-0.05, 0) is 43.7 Å². The largest absolute Gasteiger partial charge is 0.481 e. The van der Waals surface area contributed by atoms with E-state index in [0.717, 1.165) is 5.56 Å². The molecule has 0 aliphatic carbocycles. The smallest absolute Gasteiger partial charge is 0.234 e. The summed E-state index contributed by atoms with van der Waals surface area (Å²) in [7, 11) is 0. The number of allylic oxidation sites excluding steroid dienone is 1. The Bertz CT molecular complexity index is 1090. The molecule has 3 aromatic rings. The van der Waals surface area contributed by atoms with Crippen LogP contribution in [0.2, 0.25) is 10.0 Å². The molecule has 162 valence electrons. The molecule has 2 aromatic carbocycles. The summed E-state index contributed by atoms with van der Waals surface area (Å²) >= 11 is 13.6. The van der Waals surface area contributed by atoms with E-state index in [0.29, 0.717) is 39.0 Å². The molecular weight excluding hydrogens is 455 g/mol. The highest BCUT2D eigenvalue weighted by atomic mass is 35.5. The lowest BCUT2D eigenvalue weighted by atomic mass is 10.2. The highest BCUT2D eigenvalue weighted by Gasteiger charge is 2.20. The zero-order valence-electron chi connectivity index (χ0n) is 17.1. The van der Waals surface area contributed by atoms with Gasteiger partial charge in [-0.15, -0.1) is 16.8 Å². The topological polar surface area (TPSA) is 69.0 Å². The Morgan fingerprint density at radius 1 is 1.26 bits per heavy atom. The Hall–Kier alpha value is -2.48. The second-order valence-corrected chi connectivity index (χ2v) is 8.51. The molecule has 0 saturated carbocycles. The van der Waals surface area contributed by atoms with Crippen LogP contribution in [0.25, 0.3) is 0 Å². The van der Waals surface area contributed by atoms with Gasteiger partial charge in [-0.1, -0.05) is 59.2 Å². The third-order valence-electron chi connectivity index (χ3n) is 4.29. The minimum atomic E-state index is -0.405. The minimum absolute atomic E-state index is 0.152. The van der Waals surface area contributed by atoms with E-state index < -0.39 is 6.10 Å². The summed E-state index contributed by atoms with van der Waals surface area (Å²) in [5.74, 6) is 1.16. The molecule has 0 saturated heterocycles. The van der Waals surface area contributed by atoms with Crippen LogP contribution in [0.1, 0.15) is 24.4 Å². The molecule has 1 heterocycles. The Morgan fingerprint density at radius 3 is 2.77 bits per heavy atom. The van der Waals surface area contributed by atoms with Gasteiger partial charge in [0.05, 0.1) is 21.5 Å². The summed E-state index contributed by atoms with van der Waals surface area (Å²) in [6.45, 7) is 8.13. The third kappa shape index (κ3) is 6.03. The van der Waals surface area contributed by atoms with E-state index in [1.54, 1.807) is 30.3 Å². The average molecular weight is 477 g/mol. The van der Waals surface area contributed by atoms with Crippen molar-refractivity contribution in [3.63, 3.8) is 0 Å². The number of aromatic nitrogens is 3. The second kappa shape index (κ2) is 10.7. The monoisotopic (exact) mass is 476 g/mol. The predicted octanol–water partition coefficient (Wildman–Crippen LogP) is 5.95. The number of carbonyl (C=O) groups is 1. The first kappa shape index (κ1) is 23.2. The number of hydrogen-bond donors (Lipinski definition) is 1. The lowest BCUT2D eigenvalue weighted by molar-refractivity contribution is -0.113. The molecule has 31 heavy (non-hydrogen) atoms. The maximum absolute atomic E-state index is 12.4. The van der Waals surface area contributed by atoms with E-state index in [4.69, 9.17) is 27.9 Å². The van der Waals surface area contributed by atoms with Crippen molar-refractivity contribution in [2.24, 2.45) is 0 Å². The van der Waals surface area contributed by atoms with Crippen LogP contribution in [0, 0.1) is 6.92 Å². The van der Waals surface area contributed by atoms with Crippen LogP contribution < -0.4 is 10.1 Å². The number of rotatable bonds is 9. The fourth-order valence-electron chi connectivity index (χ4n) is 2.83. The van der Waals surface area contributed by atoms with E-state index in [1.165, 1.54) is 11.8 Å². The number of aryl methyl sites for hydroxylation is 1. The predicted molar refractivity (Wildman–Crippen MR) is 126 cm³/mol. The number of thioether (sulfide) groups is 1. The number of para-hydroxylation sites is 1. The third-order valence-corrected chi connectivity index (χ3v) is 5.90. The summed E-state index contributed by atoms with van der Waals surface area (Å²) in [5.41, 5.74) is 1.61. The van der Waals surface area contributed by atoms with E-state index in [2.05, 4.69) is 22.1 Å². The van der Waals surface area contributed by atoms with Gasteiger partial charge in [0.15, 0.2) is 17.1 Å². The van der Waals surface area contributed by atoms with E-state index >= 15 is 0 Å². The Labute approximate surface area is 195 Å². The Balaban J connectivity index is 1.70. The van der Waals surface area contributed by atoms with Crippen LogP contribution in [0.4, 0.5) is 5.69 Å². The van der Waals surface area contributed by atoms with Crippen molar-refractivity contribution in [3.8, 4) is 5.75 Å². The molecular formula is C22H22Cl2N4O2S. The summed E-state index contributed by atoms with van der Waals surface area (Å²) in [4.78, 5) is 12.4. The number of amides is 1. The maximum atomic E-state index is 12.4. The van der Waals surface area contributed by atoms with E-state index in [9.17, 15) is 4.79 Å². The lowest BCUT2D eigenvalue weighted by Crippen LogP contribution is -2.15. The molecule has 0 aliphatic rings. The van der Waals surface area contributed by atoms with E-state index in [-0.39, 0.29) is 11.7 Å². The molecule has 0 aliphatic heterocycles. The molecule has 1 unspecified atom stereocenters. The summed E-state index contributed by atoms with van der Waals surface area (Å²) in [6, 6.07) is 12.7. The first-order valence-electron chi connectivity index (χ1n) is 9.53. The van der Waals surface area contributed by atoms with Gasteiger partial charge >= 0.3 is 0 Å². The van der Waals surface area contributed by atoms with Crippen molar-refractivity contribution < 1.29 is 9.53 Å². The molecule has 1 atom stereocenters. The number of anilines is 1. The molecule has 0 bridgehead atoms. The number of nitrogens with zero attached hydrogens (tertiary/aromatic N) is 3. The Morgan fingerprint density at radius 2 is 2.03 bits per heavy atom. The lowest BCUT2D eigenvalue weighted by Gasteiger charge is -2.17. The first-order valence-corrected chi connectivity index (χ1v) is 11.3. The number of benzene rings is 2. The van der Waals surface area contributed by atoms with E-state index in [1.807, 2.05) is 36.6 Å². The highest BCUT2D eigenvalue weighted by molar-refractivity contribution is 7.99. The van der Waals surface area contributed by atoms with Gasteiger partial charge in [0.2, 0.25) is 5.91 Å². The van der Waals surface area contributed by atoms with Gasteiger partial charge in [-0.3, -0.25) is 9.36 Å². The van der Waals surface area contributed by atoms with Gasteiger partial charge in [0, 0.05) is 6.54 Å². The molecule has 0 radical (unpaired) electrons. The van der Waals surface area contributed by atoms with Gasteiger partial charge in [-0.25, -0.2) is 0 Å². The zero-order chi connectivity index (χ0) is 22.4. The first-order chi connectivity index (χ1) is 14.9. The number of nitrogens with one attached hydrogen (secondary N) is 1. The van der Waals surface area contributed by atoms with Crippen molar-refractivity contribution in [1.29, 1.82) is 0 Å². The highest BCUT2D eigenvalue weighted by Crippen LogP contribution is 2.30. The standard InChI is InChI=1S/C22H22Cl2N4O2S/c1-4-11-28-21(15(3)30-19-12-14(2)9-10-17(19)24)26-27-22(28)31-13-20(29)25-18-8-6-5-7-16(18)23/h4-10,12,15H,1,11,13H2,2-3H3,(H,25,29). The summed E-state index contributed by atoms with van der Waals surface area (Å²) in [5, 5.41) is 12.9. The molecule has 1 amide bonds. The number of carbonyl (C=O) groups excluding carboxylic acids is 1. The summed E-state index contributed by atoms with van der Waals surface area (Å²) in [6.07, 6.45) is 1.34. The van der Waals surface area contributed by atoms with Gasteiger partial charge < -0.3 is 10.1 Å². The second-order valence-electron chi connectivity index (χ2n) is 6.75. The average Bonchev–Trinajstić information content (AvgIpc) is 3.14. The zero-order valence-corrected chi connectivity index (χ0v) is 19.5. The van der Waals surface area contributed by atoms with Gasteiger partial charge in [0.1, 0.15) is 5.75 Å². The number of hydrogen-bond acceptors (Lipinski definition) is 5. The van der Waals surface area contributed by atoms with Crippen molar-refractivity contribution in [2.75, 3.05) is 11.1 Å². The van der Waals surface area contributed by atoms with Crippen LogP contribution in [0.15, 0.2) is 60.3 Å². The van der Waals surface area contributed by atoms with Crippen molar-refractivity contribution in [2.45, 2.75) is 31.7 Å². The molecule has 1 aromatic heterocycles. The fourth-order valence-corrected chi connectivity index (χ4v) is 3.93. The van der Waals surface area contributed by atoms with Crippen molar-refractivity contribution in [3.05, 3.63) is 76.6 Å². The molecule has 0 fully saturated rings. The van der Waals surface area contributed by atoms with Crippen LogP contribution >= 0.6 is 35.0 Å². The molecule has 9 heteroatoms. The molecule has 6 nitrogen and oxygen atoms in total. The van der Waals surface area contributed by atoms with Crippen molar-refractivity contribution in [1.82, 2.24) is 14.8 Å².